The number of piperidine rings is 1. The summed E-state index contributed by atoms with van der Waals surface area (Å²) in [5.74, 6) is -0.909. The molecule has 0 bridgehead atoms. The standard InChI is InChI=1S/C21H28F3N7O3/c1-20(2,3)34-19(33)30-12-10-29(11-13-30)17(32)14-6-8-28(9-7-14)16-5-4-15-25-26-18(21(22,23)24)31(15)27-16/h4-5,14H,6-13H2,1-3H3. The van der Waals surface area contributed by atoms with Crippen molar-refractivity contribution in [2.24, 2.45) is 5.92 Å². The van der Waals surface area contributed by atoms with E-state index in [0.717, 1.165) is 0 Å². The molecule has 2 saturated heterocycles. The van der Waals surface area contributed by atoms with Crippen LogP contribution in [0.3, 0.4) is 0 Å². The zero-order valence-electron chi connectivity index (χ0n) is 19.4. The van der Waals surface area contributed by atoms with Gasteiger partial charge in [-0.25, -0.2) is 4.79 Å². The van der Waals surface area contributed by atoms with Crippen molar-refractivity contribution in [3.05, 3.63) is 18.0 Å². The van der Waals surface area contributed by atoms with Crippen LogP contribution in [0.1, 0.15) is 39.4 Å². The Labute approximate surface area is 194 Å². The number of ether oxygens (including phenoxy) is 1. The van der Waals surface area contributed by atoms with Gasteiger partial charge in [0.2, 0.25) is 5.91 Å². The zero-order valence-corrected chi connectivity index (χ0v) is 19.4. The summed E-state index contributed by atoms with van der Waals surface area (Å²) in [6.07, 6.45) is -3.89. The summed E-state index contributed by atoms with van der Waals surface area (Å²) in [5.41, 5.74) is -0.549. The first kappa shape index (κ1) is 24.0. The van der Waals surface area contributed by atoms with Crippen molar-refractivity contribution in [1.82, 2.24) is 29.6 Å². The molecule has 186 valence electrons. The fourth-order valence-electron chi connectivity index (χ4n) is 4.17. The number of nitrogens with zero attached hydrogens (tertiary/aromatic N) is 7. The Morgan fingerprint density at radius 1 is 0.941 bits per heavy atom. The number of carbonyl (C=O) groups excluding carboxylic acids is 2. The number of halogens is 3. The molecule has 2 amide bonds. The molecule has 2 fully saturated rings. The quantitative estimate of drug-likeness (QED) is 0.647. The van der Waals surface area contributed by atoms with Crippen LogP contribution in [0, 0.1) is 5.92 Å². The fraction of sp³-hybridized carbons (Fsp3) is 0.667. The van der Waals surface area contributed by atoms with Crippen LogP contribution in [0.2, 0.25) is 0 Å². The molecule has 2 aromatic rings. The molecule has 2 aliphatic rings. The number of hydrogen-bond acceptors (Lipinski definition) is 7. The second kappa shape index (κ2) is 8.91. The van der Waals surface area contributed by atoms with E-state index < -0.39 is 17.6 Å². The Balaban J connectivity index is 1.32. The molecule has 34 heavy (non-hydrogen) atoms. The highest BCUT2D eigenvalue weighted by molar-refractivity contribution is 5.79. The summed E-state index contributed by atoms with van der Waals surface area (Å²) in [7, 11) is 0. The molecule has 2 aliphatic heterocycles. The van der Waals surface area contributed by atoms with Crippen LogP contribution in [0.15, 0.2) is 12.1 Å². The Hall–Kier alpha value is -3.12. The molecule has 0 atom stereocenters. The molecule has 2 aromatic heterocycles. The van der Waals surface area contributed by atoms with E-state index in [-0.39, 0.29) is 23.6 Å². The first-order valence-corrected chi connectivity index (χ1v) is 11.2. The van der Waals surface area contributed by atoms with Gasteiger partial charge in [-0.05, 0) is 45.7 Å². The number of anilines is 1. The van der Waals surface area contributed by atoms with Crippen LogP contribution in [-0.4, -0.2) is 86.5 Å². The average molecular weight is 483 g/mol. The molecular weight excluding hydrogens is 455 g/mol. The first-order valence-electron chi connectivity index (χ1n) is 11.2. The molecule has 13 heteroatoms. The van der Waals surface area contributed by atoms with Crippen LogP contribution >= 0.6 is 0 Å². The van der Waals surface area contributed by atoms with Crippen molar-refractivity contribution in [3.63, 3.8) is 0 Å². The molecule has 0 spiro atoms. The third-order valence-corrected chi connectivity index (χ3v) is 5.91. The van der Waals surface area contributed by atoms with E-state index in [1.807, 2.05) is 25.7 Å². The van der Waals surface area contributed by atoms with Crippen LogP contribution in [-0.2, 0) is 15.7 Å². The molecule has 0 saturated carbocycles. The van der Waals surface area contributed by atoms with Crippen LogP contribution in [0.4, 0.5) is 23.8 Å². The van der Waals surface area contributed by atoms with Crippen LogP contribution in [0.5, 0.6) is 0 Å². The van der Waals surface area contributed by atoms with Crippen molar-refractivity contribution in [3.8, 4) is 0 Å². The predicted octanol–water partition coefficient (Wildman–Crippen LogP) is 2.44. The maximum atomic E-state index is 13.1. The van der Waals surface area contributed by atoms with E-state index in [2.05, 4.69) is 15.3 Å². The van der Waals surface area contributed by atoms with Gasteiger partial charge in [-0.3, -0.25) is 4.79 Å². The molecule has 0 radical (unpaired) electrons. The zero-order chi connectivity index (χ0) is 24.7. The number of alkyl halides is 3. The maximum absolute atomic E-state index is 13.1. The van der Waals surface area contributed by atoms with Crippen molar-refractivity contribution in [2.75, 3.05) is 44.2 Å². The van der Waals surface area contributed by atoms with E-state index in [0.29, 0.717) is 62.4 Å². The summed E-state index contributed by atoms with van der Waals surface area (Å²) in [4.78, 5) is 30.5. The SMILES string of the molecule is CC(C)(C)OC(=O)N1CCN(C(=O)C2CCN(c3ccc4nnc(C(F)(F)F)n4n3)CC2)CC1. The number of amides is 2. The van der Waals surface area contributed by atoms with Crippen molar-refractivity contribution in [1.29, 1.82) is 0 Å². The van der Waals surface area contributed by atoms with Gasteiger partial charge in [-0.2, -0.15) is 17.7 Å². The smallest absolute Gasteiger partial charge is 0.444 e. The number of hydrogen-bond donors (Lipinski definition) is 0. The normalized spacial score (nSPS) is 18.5. The van der Waals surface area contributed by atoms with Crippen LogP contribution < -0.4 is 4.90 Å². The number of aromatic nitrogens is 4. The fourth-order valence-corrected chi connectivity index (χ4v) is 4.17. The highest BCUT2D eigenvalue weighted by Crippen LogP contribution is 2.29. The average Bonchev–Trinajstić information content (AvgIpc) is 3.21. The number of piperazine rings is 1. The molecule has 0 aromatic carbocycles. The Kier molecular flexibility index (Phi) is 6.30. The predicted molar refractivity (Wildman–Crippen MR) is 115 cm³/mol. The molecule has 0 aliphatic carbocycles. The largest absolute Gasteiger partial charge is 0.453 e. The van der Waals surface area contributed by atoms with Gasteiger partial charge in [0.05, 0.1) is 0 Å². The Bertz CT molecular complexity index is 1050. The van der Waals surface area contributed by atoms with Gasteiger partial charge in [0.1, 0.15) is 11.4 Å². The second-order valence-corrected chi connectivity index (χ2v) is 9.54. The summed E-state index contributed by atoms with van der Waals surface area (Å²) in [6.45, 7) is 8.17. The van der Waals surface area contributed by atoms with Gasteiger partial charge in [0, 0.05) is 45.2 Å². The van der Waals surface area contributed by atoms with Gasteiger partial charge in [0.25, 0.3) is 5.82 Å². The summed E-state index contributed by atoms with van der Waals surface area (Å²) < 4.78 is 45.5. The molecule has 0 unspecified atom stereocenters. The molecule has 0 N–H and O–H groups in total. The van der Waals surface area contributed by atoms with E-state index in [9.17, 15) is 22.8 Å². The van der Waals surface area contributed by atoms with Gasteiger partial charge >= 0.3 is 12.3 Å². The molecule has 4 rings (SSSR count). The first-order chi connectivity index (χ1) is 15.9. The lowest BCUT2D eigenvalue weighted by Crippen LogP contribution is -2.53. The molecule has 4 heterocycles. The van der Waals surface area contributed by atoms with Gasteiger partial charge in [-0.15, -0.1) is 15.3 Å². The van der Waals surface area contributed by atoms with E-state index in [1.54, 1.807) is 15.9 Å². The lowest BCUT2D eigenvalue weighted by molar-refractivity contribution is -0.146. The Morgan fingerprint density at radius 3 is 2.15 bits per heavy atom. The highest BCUT2D eigenvalue weighted by atomic mass is 19.4. The number of fused-ring (bicyclic) bond motifs is 1. The lowest BCUT2D eigenvalue weighted by atomic mass is 9.95. The van der Waals surface area contributed by atoms with E-state index in [1.165, 1.54) is 6.07 Å². The highest BCUT2D eigenvalue weighted by Gasteiger charge is 2.38. The van der Waals surface area contributed by atoms with Crippen molar-refractivity contribution in [2.45, 2.75) is 45.4 Å². The Morgan fingerprint density at radius 2 is 1.56 bits per heavy atom. The third-order valence-electron chi connectivity index (χ3n) is 5.91. The second-order valence-electron chi connectivity index (χ2n) is 9.54. The topological polar surface area (TPSA) is 96.2 Å². The van der Waals surface area contributed by atoms with Crippen molar-refractivity contribution < 1.29 is 27.5 Å². The maximum Gasteiger partial charge on any atom is 0.453 e. The van der Waals surface area contributed by atoms with Crippen molar-refractivity contribution >= 4 is 23.5 Å². The third kappa shape index (κ3) is 5.17. The minimum Gasteiger partial charge on any atom is -0.444 e. The van der Waals surface area contributed by atoms with E-state index >= 15 is 0 Å². The van der Waals surface area contributed by atoms with Gasteiger partial charge < -0.3 is 19.4 Å². The molecule has 10 nitrogen and oxygen atoms in total. The van der Waals surface area contributed by atoms with Gasteiger partial charge in [0.15, 0.2) is 5.65 Å². The van der Waals surface area contributed by atoms with Gasteiger partial charge in [-0.1, -0.05) is 0 Å². The lowest BCUT2D eigenvalue weighted by Gasteiger charge is -2.39. The monoisotopic (exact) mass is 483 g/mol. The minimum atomic E-state index is -4.65. The minimum absolute atomic E-state index is 0.0201. The molecular formula is C21H28F3N7O3. The number of carbonyl (C=O) groups is 2. The number of rotatable bonds is 2. The summed E-state index contributed by atoms with van der Waals surface area (Å²) >= 11 is 0. The summed E-state index contributed by atoms with van der Waals surface area (Å²) in [5, 5.41) is 10.8. The van der Waals surface area contributed by atoms with Crippen LogP contribution in [0.25, 0.3) is 5.65 Å². The summed E-state index contributed by atoms with van der Waals surface area (Å²) in [6, 6.07) is 3.06. The van der Waals surface area contributed by atoms with E-state index in [4.69, 9.17) is 4.74 Å².